The van der Waals surface area contributed by atoms with E-state index in [-0.39, 0.29) is 0 Å². The zero-order chi connectivity index (χ0) is 9.14. The minimum atomic E-state index is -0.628. The molecule has 64 valence electrons. The standard InChI is InChI=1S/C7H7NO4/c1-4(9)12-3-2-5-6(10)7(11)8-5/h2-3,5H,1H3,(H,8,11)/b3-2+. The van der Waals surface area contributed by atoms with Crippen LogP contribution in [0, 0.1) is 0 Å². The maximum absolute atomic E-state index is 10.6. The van der Waals surface area contributed by atoms with Crippen molar-refractivity contribution in [3.05, 3.63) is 12.3 Å². The molecule has 1 atom stereocenters. The summed E-state index contributed by atoms with van der Waals surface area (Å²) in [5.41, 5.74) is 0. The topological polar surface area (TPSA) is 72.5 Å². The molecule has 1 aliphatic rings. The Kier molecular flexibility index (Phi) is 2.23. The Bertz CT molecular complexity index is 269. The van der Waals surface area contributed by atoms with Gasteiger partial charge >= 0.3 is 5.97 Å². The lowest BCUT2D eigenvalue weighted by atomic mass is 10.1. The fraction of sp³-hybridized carbons (Fsp3) is 0.286. The van der Waals surface area contributed by atoms with Gasteiger partial charge in [0.25, 0.3) is 5.91 Å². The molecule has 1 rings (SSSR count). The SMILES string of the molecule is CC(=O)O/C=C/C1NC(=O)C1=O. The Morgan fingerprint density at radius 1 is 1.58 bits per heavy atom. The van der Waals surface area contributed by atoms with Crippen LogP contribution in [0.3, 0.4) is 0 Å². The van der Waals surface area contributed by atoms with Crippen molar-refractivity contribution in [2.45, 2.75) is 13.0 Å². The van der Waals surface area contributed by atoms with Gasteiger partial charge in [0.05, 0.1) is 6.26 Å². The van der Waals surface area contributed by atoms with Crippen molar-refractivity contribution >= 4 is 17.7 Å². The van der Waals surface area contributed by atoms with Crippen LogP contribution in [0.25, 0.3) is 0 Å². The maximum Gasteiger partial charge on any atom is 0.307 e. The van der Waals surface area contributed by atoms with Crippen molar-refractivity contribution < 1.29 is 19.1 Å². The highest BCUT2D eigenvalue weighted by molar-refractivity contribution is 6.45. The van der Waals surface area contributed by atoms with E-state index in [0.717, 1.165) is 6.26 Å². The molecule has 5 nitrogen and oxygen atoms in total. The van der Waals surface area contributed by atoms with E-state index in [9.17, 15) is 14.4 Å². The molecule has 1 fully saturated rings. The van der Waals surface area contributed by atoms with Crippen molar-refractivity contribution in [3.8, 4) is 0 Å². The molecule has 0 radical (unpaired) electrons. The van der Waals surface area contributed by atoms with E-state index in [0.29, 0.717) is 0 Å². The number of carbonyl (C=O) groups excluding carboxylic acids is 3. The van der Waals surface area contributed by atoms with E-state index in [2.05, 4.69) is 10.1 Å². The molecule has 5 heteroatoms. The Balaban J connectivity index is 2.34. The first-order valence-corrected chi connectivity index (χ1v) is 3.30. The molecule has 1 amide bonds. The van der Waals surface area contributed by atoms with Crippen LogP contribution in [-0.2, 0) is 19.1 Å². The van der Waals surface area contributed by atoms with Crippen molar-refractivity contribution in [2.24, 2.45) is 0 Å². The first-order valence-electron chi connectivity index (χ1n) is 3.30. The number of nitrogens with one attached hydrogen (secondary N) is 1. The third-order valence-electron chi connectivity index (χ3n) is 1.30. The molecule has 0 aromatic rings. The van der Waals surface area contributed by atoms with Gasteiger partial charge in [0.1, 0.15) is 6.04 Å². The van der Waals surface area contributed by atoms with Gasteiger partial charge in [-0.15, -0.1) is 0 Å². The van der Waals surface area contributed by atoms with Gasteiger partial charge in [-0.2, -0.15) is 0 Å². The van der Waals surface area contributed by atoms with Crippen LogP contribution in [0.15, 0.2) is 12.3 Å². The second-order valence-electron chi connectivity index (χ2n) is 2.25. The summed E-state index contributed by atoms with van der Waals surface area (Å²) < 4.78 is 4.41. The Hall–Kier alpha value is -1.65. The van der Waals surface area contributed by atoms with Gasteiger partial charge in [-0.1, -0.05) is 0 Å². The van der Waals surface area contributed by atoms with Gasteiger partial charge in [-0.25, -0.2) is 0 Å². The number of hydrogen-bond acceptors (Lipinski definition) is 4. The van der Waals surface area contributed by atoms with Gasteiger partial charge in [0.15, 0.2) is 0 Å². The Morgan fingerprint density at radius 2 is 2.25 bits per heavy atom. The molecule has 0 aromatic heterocycles. The fourth-order valence-electron chi connectivity index (χ4n) is 0.691. The molecule has 0 aromatic carbocycles. The third-order valence-corrected chi connectivity index (χ3v) is 1.30. The van der Waals surface area contributed by atoms with Gasteiger partial charge in [-0.05, 0) is 6.08 Å². The van der Waals surface area contributed by atoms with E-state index in [4.69, 9.17) is 0 Å². The first kappa shape index (κ1) is 8.45. The van der Waals surface area contributed by atoms with Crippen LogP contribution in [-0.4, -0.2) is 23.7 Å². The highest BCUT2D eigenvalue weighted by Gasteiger charge is 2.34. The highest BCUT2D eigenvalue weighted by atomic mass is 16.5. The summed E-state index contributed by atoms with van der Waals surface area (Å²) in [5.74, 6) is -1.59. The predicted octanol–water partition coefficient (Wildman–Crippen LogP) is -0.869. The number of β-lactam (4-membered cyclic amide) rings is 1. The number of carbonyl (C=O) groups is 3. The van der Waals surface area contributed by atoms with Crippen molar-refractivity contribution in [2.75, 3.05) is 0 Å². The largest absolute Gasteiger partial charge is 0.435 e. The summed E-state index contributed by atoms with van der Waals surface area (Å²) in [5, 5.41) is 2.30. The smallest absolute Gasteiger partial charge is 0.307 e. The maximum atomic E-state index is 10.6. The summed E-state index contributed by atoms with van der Waals surface area (Å²) >= 11 is 0. The van der Waals surface area contributed by atoms with E-state index >= 15 is 0 Å². The first-order chi connectivity index (χ1) is 5.61. The number of rotatable bonds is 2. The quantitative estimate of drug-likeness (QED) is 0.252. The van der Waals surface area contributed by atoms with Crippen molar-refractivity contribution in [1.82, 2.24) is 5.32 Å². The van der Waals surface area contributed by atoms with Crippen molar-refractivity contribution in [3.63, 3.8) is 0 Å². The van der Waals surface area contributed by atoms with Crippen LogP contribution in [0.1, 0.15) is 6.92 Å². The molecule has 0 spiro atoms. The molecular formula is C7H7NO4. The predicted molar refractivity (Wildman–Crippen MR) is 37.8 cm³/mol. The van der Waals surface area contributed by atoms with Gasteiger partial charge in [-0.3, -0.25) is 14.4 Å². The summed E-state index contributed by atoms with van der Waals surface area (Å²) in [4.78, 5) is 31.2. The van der Waals surface area contributed by atoms with Crippen LogP contribution >= 0.6 is 0 Å². The van der Waals surface area contributed by atoms with Gasteiger partial charge in [0, 0.05) is 6.92 Å². The highest BCUT2D eigenvalue weighted by Crippen LogP contribution is 2.00. The fourth-order valence-corrected chi connectivity index (χ4v) is 0.691. The molecule has 0 bridgehead atoms. The summed E-state index contributed by atoms with van der Waals surface area (Å²) in [6.07, 6.45) is 2.40. The lowest BCUT2D eigenvalue weighted by Gasteiger charge is -2.20. The van der Waals surface area contributed by atoms with Crippen LogP contribution in [0.2, 0.25) is 0 Å². The molecule has 12 heavy (non-hydrogen) atoms. The van der Waals surface area contributed by atoms with E-state index in [1.807, 2.05) is 0 Å². The average molecular weight is 169 g/mol. The molecule has 0 aliphatic carbocycles. The van der Waals surface area contributed by atoms with E-state index in [1.165, 1.54) is 13.0 Å². The molecule has 1 aliphatic heterocycles. The lowest BCUT2D eigenvalue weighted by molar-refractivity contribution is -0.145. The third kappa shape index (κ3) is 1.69. The summed E-state index contributed by atoms with van der Waals surface area (Å²) in [6.45, 7) is 1.24. The minimum Gasteiger partial charge on any atom is -0.435 e. The number of amides is 1. The molecule has 0 saturated carbocycles. The van der Waals surface area contributed by atoms with Crippen LogP contribution in [0.5, 0.6) is 0 Å². The number of esters is 1. The number of ketones is 1. The molecule has 1 saturated heterocycles. The van der Waals surface area contributed by atoms with Crippen LogP contribution in [0.4, 0.5) is 0 Å². The lowest BCUT2D eigenvalue weighted by Crippen LogP contribution is -2.57. The van der Waals surface area contributed by atoms with Gasteiger partial charge in [0.2, 0.25) is 5.78 Å². The van der Waals surface area contributed by atoms with E-state index in [1.54, 1.807) is 0 Å². The Morgan fingerprint density at radius 3 is 2.67 bits per heavy atom. The molecular weight excluding hydrogens is 162 g/mol. The molecule has 1 heterocycles. The molecule has 1 unspecified atom stereocenters. The summed E-state index contributed by atoms with van der Waals surface area (Å²) in [6, 6.07) is -0.628. The normalized spacial score (nSPS) is 21.9. The molecule has 1 N–H and O–H groups in total. The monoisotopic (exact) mass is 169 g/mol. The van der Waals surface area contributed by atoms with Gasteiger partial charge < -0.3 is 10.1 Å². The average Bonchev–Trinajstić information content (AvgIpc) is 2.02. The zero-order valence-corrected chi connectivity index (χ0v) is 6.37. The van der Waals surface area contributed by atoms with E-state index < -0.39 is 23.7 Å². The second kappa shape index (κ2) is 3.17. The minimum absolute atomic E-state index is 0.468. The summed E-state index contributed by atoms with van der Waals surface area (Å²) in [7, 11) is 0. The number of Topliss-reactive ketones (excluding diaryl/α,β-unsaturated/α-hetero) is 1. The number of ether oxygens (including phenoxy) is 1. The Labute approximate surface area is 68.4 Å². The zero-order valence-electron chi connectivity index (χ0n) is 6.37. The van der Waals surface area contributed by atoms with Crippen molar-refractivity contribution in [1.29, 1.82) is 0 Å². The second-order valence-corrected chi connectivity index (χ2v) is 2.25. The number of hydrogen-bond donors (Lipinski definition) is 1. The van der Waals surface area contributed by atoms with Crippen LogP contribution < -0.4 is 5.32 Å².